The van der Waals surface area contributed by atoms with Crippen molar-refractivity contribution in [3.05, 3.63) is 53.6 Å². The Labute approximate surface area is 127 Å². The Morgan fingerprint density at radius 1 is 1.24 bits per heavy atom. The van der Waals surface area contributed by atoms with Gasteiger partial charge in [0.05, 0.1) is 0 Å². The van der Waals surface area contributed by atoms with Crippen molar-refractivity contribution >= 4 is 5.57 Å². The van der Waals surface area contributed by atoms with E-state index >= 15 is 0 Å². The molecule has 89 valence electrons. The van der Waals surface area contributed by atoms with E-state index in [4.69, 9.17) is 3.32 Å². The van der Waals surface area contributed by atoms with Gasteiger partial charge in [-0.05, 0) is 0 Å². The summed E-state index contributed by atoms with van der Waals surface area (Å²) in [6.45, 7) is 2.09. The summed E-state index contributed by atoms with van der Waals surface area (Å²) < 4.78 is 5.39. The number of hydrogen-bond donors (Lipinski definition) is 0. The number of halogens is 2. The molecular formula is C13H13Cl2OTi. The van der Waals surface area contributed by atoms with Gasteiger partial charge in [0.2, 0.25) is 0 Å². The van der Waals surface area contributed by atoms with E-state index in [0.29, 0.717) is 0 Å². The topological polar surface area (TPSA) is 9.23 Å². The van der Waals surface area contributed by atoms with Crippen LogP contribution in [0.2, 0.25) is 0 Å². The summed E-state index contributed by atoms with van der Waals surface area (Å²) in [4.78, 5) is 0. The molecule has 0 fully saturated rings. The van der Waals surface area contributed by atoms with Crippen molar-refractivity contribution in [3.63, 3.8) is 0 Å². The molecule has 1 aromatic rings. The molecule has 0 spiro atoms. The first-order chi connectivity index (χ1) is 7.33. The van der Waals surface area contributed by atoms with Crippen LogP contribution < -0.4 is 24.8 Å². The van der Waals surface area contributed by atoms with Crippen molar-refractivity contribution in [2.75, 3.05) is 0 Å². The summed E-state index contributed by atoms with van der Waals surface area (Å²) in [6, 6.07) is 8.46. The van der Waals surface area contributed by atoms with Gasteiger partial charge in [0.1, 0.15) is 0 Å². The molecule has 0 bridgehead atoms. The maximum Gasteiger partial charge on any atom is -1.00 e. The van der Waals surface area contributed by atoms with Crippen molar-refractivity contribution in [2.24, 2.45) is 0 Å². The predicted molar refractivity (Wildman–Crippen MR) is 57.7 cm³/mol. The molecule has 17 heavy (non-hydrogen) atoms. The van der Waals surface area contributed by atoms with Crippen LogP contribution in [0.3, 0.4) is 0 Å². The van der Waals surface area contributed by atoms with E-state index < -0.39 is 0 Å². The monoisotopic (exact) mass is 303 g/mol. The van der Waals surface area contributed by atoms with Crippen molar-refractivity contribution in [1.29, 1.82) is 0 Å². The van der Waals surface area contributed by atoms with Gasteiger partial charge in [-0.15, -0.1) is 0 Å². The third kappa shape index (κ3) is 3.98. The Kier molecular flexibility index (Phi) is 8.10. The summed E-state index contributed by atoms with van der Waals surface area (Å²) in [5.41, 5.74) is 3.97. The van der Waals surface area contributed by atoms with Gasteiger partial charge in [0.15, 0.2) is 0 Å². The second kappa shape index (κ2) is 8.13. The maximum atomic E-state index is 5.39. The third-order valence-corrected chi connectivity index (χ3v) is 3.24. The maximum absolute atomic E-state index is 5.39. The van der Waals surface area contributed by atoms with E-state index in [1.807, 2.05) is 0 Å². The van der Waals surface area contributed by atoms with E-state index in [1.165, 1.54) is 16.7 Å². The number of rotatable bonds is 3. The van der Waals surface area contributed by atoms with Gasteiger partial charge in [-0.25, -0.2) is 0 Å². The molecule has 1 unspecified atom stereocenters. The average Bonchev–Trinajstić information content (AvgIpc) is 2.81. The molecule has 1 atom stereocenters. The minimum atomic E-state index is 0. The number of allylic oxidation sites excluding steroid dienone is 4. The van der Waals surface area contributed by atoms with Gasteiger partial charge in [0, 0.05) is 0 Å². The zero-order chi connectivity index (χ0) is 10.7. The molecule has 4 heteroatoms. The fourth-order valence-corrected chi connectivity index (χ4v) is 2.05. The van der Waals surface area contributed by atoms with Crippen LogP contribution in [0.5, 0.6) is 0 Å². The summed E-state index contributed by atoms with van der Waals surface area (Å²) in [7, 11) is 0. The summed E-state index contributed by atoms with van der Waals surface area (Å²) in [6.07, 6.45) is 7.67. The van der Waals surface area contributed by atoms with Crippen LogP contribution in [0.25, 0.3) is 5.57 Å². The standard InChI is InChI=1S/C13H13O.2ClH.Ti/c1-10(14)12-8-4-5-9-13(12)11-6-2-3-7-11;;;/h2-6,8-10H,7H2,1H3;2*1H;/q-1;;;+3/p-2. The van der Waals surface area contributed by atoms with Crippen molar-refractivity contribution < 1.29 is 49.0 Å². The molecule has 0 N–H and O–H groups in total. The molecule has 1 aliphatic rings. The minimum absolute atomic E-state index is 0. The Balaban J connectivity index is 0.00000128. The minimum Gasteiger partial charge on any atom is -1.00 e. The van der Waals surface area contributed by atoms with Crippen LogP contribution in [0.1, 0.15) is 30.6 Å². The molecule has 1 aromatic carbocycles. The molecule has 1 aliphatic carbocycles. The second-order valence-corrected chi connectivity index (χ2v) is 4.04. The van der Waals surface area contributed by atoms with E-state index in [-0.39, 0.29) is 30.9 Å². The van der Waals surface area contributed by atoms with Crippen molar-refractivity contribution in [2.45, 2.75) is 19.4 Å². The number of benzene rings is 1. The molecule has 1 nitrogen and oxygen atoms in total. The quantitative estimate of drug-likeness (QED) is 0.565. The predicted octanol–water partition coefficient (Wildman–Crippen LogP) is -2.42. The van der Waals surface area contributed by atoms with Gasteiger partial charge < -0.3 is 24.8 Å². The Bertz CT molecular complexity index is 416. The van der Waals surface area contributed by atoms with E-state index in [9.17, 15) is 0 Å². The van der Waals surface area contributed by atoms with Crippen LogP contribution in [-0.4, -0.2) is 0 Å². The van der Waals surface area contributed by atoms with Crippen LogP contribution >= 0.6 is 0 Å². The molecule has 0 aromatic heterocycles. The normalized spacial score (nSPS) is 14.6. The molecule has 0 aliphatic heterocycles. The zero-order valence-corrected chi connectivity index (χ0v) is 12.6. The first-order valence-electron chi connectivity index (χ1n) is 5.10. The number of hydrogen-bond acceptors (Lipinski definition) is 1. The molecule has 0 heterocycles. The van der Waals surface area contributed by atoms with Crippen molar-refractivity contribution in [3.8, 4) is 0 Å². The van der Waals surface area contributed by atoms with Gasteiger partial charge in [-0.1, -0.05) is 0 Å². The van der Waals surface area contributed by atoms with Gasteiger partial charge in [-0.2, -0.15) is 0 Å². The largest absolute Gasteiger partial charge is 1.00 e. The van der Waals surface area contributed by atoms with Crippen LogP contribution in [0.4, 0.5) is 0 Å². The fraction of sp³-hybridized carbons (Fsp3) is 0.231. The van der Waals surface area contributed by atoms with E-state index in [0.717, 1.165) is 6.42 Å². The van der Waals surface area contributed by atoms with Crippen LogP contribution in [0.15, 0.2) is 42.5 Å². The van der Waals surface area contributed by atoms with Gasteiger partial charge >= 0.3 is 103 Å². The molecule has 0 saturated carbocycles. The first kappa shape index (κ1) is 17.0. The fourth-order valence-electron chi connectivity index (χ4n) is 1.85. The second-order valence-electron chi connectivity index (χ2n) is 3.67. The van der Waals surface area contributed by atoms with E-state index in [2.05, 4.69) is 49.4 Å². The molecule has 0 amide bonds. The third-order valence-electron chi connectivity index (χ3n) is 2.69. The van der Waals surface area contributed by atoms with Crippen LogP contribution in [-0.2, 0) is 24.1 Å². The summed E-state index contributed by atoms with van der Waals surface area (Å²) in [5.74, 6) is 0. The average molecular weight is 304 g/mol. The zero-order valence-electron chi connectivity index (χ0n) is 9.49. The van der Waals surface area contributed by atoms with Gasteiger partial charge in [0.25, 0.3) is 0 Å². The van der Waals surface area contributed by atoms with Gasteiger partial charge in [-0.3, -0.25) is 0 Å². The Morgan fingerprint density at radius 2 is 1.94 bits per heavy atom. The summed E-state index contributed by atoms with van der Waals surface area (Å²) >= 11 is 1.75. The molecule has 0 saturated heterocycles. The Hall–Kier alpha value is -0.0457. The van der Waals surface area contributed by atoms with Crippen molar-refractivity contribution in [1.82, 2.24) is 0 Å². The first-order valence-corrected chi connectivity index (χ1v) is 5.74. The molecule has 2 rings (SSSR count). The Morgan fingerprint density at radius 3 is 2.53 bits per heavy atom. The molecule has 0 radical (unpaired) electrons. The summed E-state index contributed by atoms with van der Waals surface area (Å²) in [5, 5.41) is 0. The smallest absolute Gasteiger partial charge is 1.00 e. The van der Waals surface area contributed by atoms with E-state index in [1.54, 1.807) is 20.8 Å². The SMILES string of the molecule is CC([O][Ti+2])c1ccccc1C1=CC=CC1.[Cl-].[Cl-]. The van der Waals surface area contributed by atoms with Crippen LogP contribution in [0, 0.1) is 0 Å². The molecular weight excluding hydrogens is 291 g/mol.